The molecule has 0 aliphatic rings. The van der Waals surface area contributed by atoms with Crippen molar-refractivity contribution in [3.63, 3.8) is 0 Å². The molecule has 0 amide bonds. The fourth-order valence-electron chi connectivity index (χ4n) is 1.27. The Morgan fingerprint density at radius 3 is 3.14 bits per heavy atom. The van der Waals surface area contributed by atoms with Crippen molar-refractivity contribution in [2.45, 2.75) is 13.3 Å². The van der Waals surface area contributed by atoms with Gasteiger partial charge in [-0.2, -0.15) is 0 Å². The predicted octanol–water partition coefficient (Wildman–Crippen LogP) is 2.67. The monoisotopic (exact) mass is 208 g/mol. The summed E-state index contributed by atoms with van der Waals surface area (Å²) >= 11 is 1.49. The van der Waals surface area contributed by atoms with E-state index in [1.165, 1.54) is 11.3 Å². The van der Waals surface area contributed by atoms with Crippen molar-refractivity contribution in [2.75, 3.05) is 12.3 Å². The molecule has 2 N–H and O–H groups in total. The van der Waals surface area contributed by atoms with Gasteiger partial charge in [0.1, 0.15) is 11.3 Å². The zero-order chi connectivity index (χ0) is 9.97. The number of nitrogens with two attached hydrogens (primary N) is 1. The first kappa shape index (κ1) is 9.27. The number of thiazole rings is 1. The van der Waals surface area contributed by atoms with Crippen LogP contribution in [0.1, 0.15) is 13.3 Å². The Balaban J connectivity index is 2.42. The van der Waals surface area contributed by atoms with Crippen LogP contribution in [0.4, 0.5) is 5.13 Å². The van der Waals surface area contributed by atoms with Crippen molar-refractivity contribution in [3.05, 3.63) is 18.2 Å². The number of hydrogen-bond acceptors (Lipinski definition) is 4. The van der Waals surface area contributed by atoms with Gasteiger partial charge >= 0.3 is 0 Å². The molecule has 2 aromatic rings. The van der Waals surface area contributed by atoms with Gasteiger partial charge in [-0.05, 0) is 18.6 Å². The second-order valence-corrected chi connectivity index (χ2v) is 4.07. The maximum Gasteiger partial charge on any atom is 0.181 e. The van der Waals surface area contributed by atoms with Gasteiger partial charge in [0.2, 0.25) is 0 Å². The lowest BCUT2D eigenvalue weighted by Gasteiger charge is -2.03. The zero-order valence-corrected chi connectivity index (χ0v) is 8.80. The van der Waals surface area contributed by atoms with Gasteiger partial charge in [-0.3, -0.25) is 0 Å². The van der Waals surface area contributed by atoms with Crippen molar-refractivity contribution in [2.24, 2.45) is 0 Å². The number of ether oxygens (including phenoxy) is 1. The number of rotatable bonds is 3. The minimum absolute atomic E-state index is 0.590. The van der Waals surface area contributed by atoms with Gasteiger partial charge in [-0.15, -0.1) is 0 Å². The molecular weight excluding hydrogens is 196 g/mol. The number of nitrogens with zero attached hydrogens (tertiary/aromatic N) is 1. The molecule has 1 aromatic carbocycles. The number of hydrogen-bond donors (Lipinski definition) is 1. The van der Waals surface area contributed by atoms with Crippen molar-refractivity contribution in [1.29, 1.82) is 0 Å². The SMILES string of the molecule is CCCOc1cccc2sc(N)nc12. The quantitative estimate of drug-likeness (QED) is 0.843. The minimum atomic E-state index is 0.590. The van der Waals surface area contributed by atoms with Crippen LogP contribution in [0.5, 0.6) is 5.75 Å². The summed E-state index contributed by atoms with van der Waals surface area (Å²) in [5.74, 6) is 0.831. The molecule has 0 bridgehead atoms. The van der Waals surface area contributed by atoms with E-state index in [2.05, 4.69) is 11.9 Å². The Morgan fingerprint density at radius 2 is 2.36 bits per heavy atom. The maximum absolute atomic E-state index is 5.64. The smallest absolute Gasteiger partial charge is 0.181 e. The number of fused-ring (bicyclic) bond motifs is 1. The molecule has 0 aliphatic heterocycles. The van der Waals surface area contributed by atoms with Gasteiger partial charge < -0.3 is 10.5 Å². The molecule has 0 radical (unpaired) electrons. The number of benzene rings is 1. The van der Waals surface area contributed by atoms with Gasteiger partial charge in [-0.1, -0.05) is 24.3 Å². The first-order chi connectivity index (χ1) is 6.81. The highest BCUT2D eigenvalue weighted by molar-refractivity contribution is 7.22. The normalized spacial score (nSPS) is 10.6. The molecule has 0 saturated carbocycles. The van der Waals surface area contributed by atoms with E-state index in [0.29, 0.717) is 5.13 Å². The lowest BCUT2D eigenvalue weighted by molar-refractivity contribution is 0.320. The standard InChI is InChI=1S/C10H12N2OS/c1-2-6-13-7-4-3-5-8-9(7)12-10(11)14-8/h3-5H,2,6H2,1H3,(H2,11,12). The van der Waals surface area contributed by atoms with Crippen molar-refractivity contribution >= 4 is 26.7 Å². The van der Waals surface area contributed by atoms with Crippen molar-refractivity contribution in [3.8, 4) is 5.75 Å². The van der Waals surface area contributed by atoms with Crippen LogP contribution in [-0.2, 0) is 0 Å². The van der Waals surface area contributed by atoms with E-state index < -0.39 is 0 Å². The van der Waals surface area contributed by atoms with Crippen LogP contribution in [-0.4, -0.2) is 11.6 Å². The topological polar surface area (TPSA) is 48.1 Å². The molecule has 0 spiro atoms. The average molecular weight is 208 g/mol. The average Bonchev–Trinajstić information content (AvgIpc) is 2.55. The third-order valence-corrected chi connectivity index (χ3v) is 2.71. The van der Waals surface area contributed by atoms with Gasteiger partial charge in [0.15, 0.2) is 5.13 Å². The van der Waals surface area contributed by atoms with E-state index in [0.717, 1.165) is 29.0 Å². The van der Waals surface area contributed by atoms with E-state index >= 15 is 0 Å². The van der Waals surface area contributed by atoms with E-state index in [9.17, 15) is 0 Å². The van der Waals surface area contributed by atoms with Crippen LogP contribution >= 0.6 is 11.3 Å². The first-order valence-corrected chi connectivity index (χ1v) is 5.40. The van der Waals surface area contributed by atoms with Crippen LogP contribution < -0.4 is 10.5 Å². The highest BCUT2D eigenvalue weighted by atomic mass is 32.1. The summed E-state index contributed by atoms with van der Waals surface area (Å²) in [5.41, 5.74) is 6.52. The maximum atomic E-state index is 5.64. The zero-order valence-electron chi connectivity index (χ0n) is 7.99. The molecule has 0 atom stereocenters. The molecule has 14 heavy (non-hydrogen) atoms. The van der Waals surface area contributed by atoms with E-state index in [4.69, 9.17) is 10.5 Å². The lowest BCUT2D eigenvalue weighted by atomic mass is 10.3. The van der Waals surface area contributed by atoms with Crippen molar-refractivity contribution < 1.29 is 4.74 Å². The van der Waals surface area contributed by atoms with Gasteiger partial charge in [0.05, 0.1) is 11.3 Å². The first-order valence-electron chi connectivity index (χ1n) is 4.59. The Bertz CT molecular complexity index is 439. The molecular formula is C10H12N2OS. The third-order valence-electron chi connectivity index (χ3n) is 1.86. The minimum Gasteiger partial charge on any atom is -0.491 e. The van der Waals surface area contributed by atoms with Crippen LogP contribution in [0.15, 0.2) is 18.2 Å². The summed E-state index contributed by atoms with van der Waals surface area (Å²) in [5, 5.41) is 0.590. The van der Waals surface area contributed by atoms with Crippen LogP contribution in [0.25, 0.3) is 10.2 Å². The van der Waals surface area contributed by atoms with Crippen LogP contribution in [0.2, 0.25) is 0 Å². The number of anilines is 1. The number of para-hydroxylation sites is 1. The predicted molar refractivity (Wildman–Crippen MR) is 59.8 cm³/mol. The lowest BCUT2D eigenvalue weighted by Crippen LogP contribution is -1.95. The molecule has 0 fully saturated rings. The summed E-state index contributed by atoms with van der Waals surface area (Å²) in [6.45, 7) is 2.80. The van der Waals surface area contributed by atoms with E-state index in [1.807, 2.05) is 18.2 Å². The number of nitrogen functional groups attached to an aromatic ring is 1. The Morgan fingerprint density at radius 1 is 1.50 bits per heavy atom. The fourth-order valence-corrected chi connectivity index (χ4v) is 2.02. The second-order valence-electron chi connectivity index (χ2n) is 3.00. The third kappa shape index (κ3) is 1.65. The van der Waals surface area contributed by atoms with Gasteiger partial charge in [0.25, 0.3) is 0 Å². The van der Waals surface area contributed by atoms with Crippen molar-refractivity contribution in [1.82, 2.24) is 4.98 Å². The summed E-state index contributed by atoms with van der Waals surface area (Å²) in [6, 6.07) is 5.89. The largest absolute Gasteiger partial charge is 0.491 e. The number of aromatic nitrogens is 1. The highest BCUT2D eigenvalue weighted by Gasteiger charge is 2.06. The molecule has 1 heterocycles. The Hall–Kier alpha value is -1.29. The highest BCUT2D eigenvalue weighted by Crippen LogP contribution is 2.30. The van der Waals surface area contributed by atoms with Crippen LogP contribution in [0.3, 0.4) is 0 Å². The van der Waals surface area contributed by atoms with E-state index in [-0.39, 0.29) is 0 Å². The molecule has 0 saturated heterocycles. The molecule has 74 valence electrons. The van der Waals surface area contributed by atoms with E-state index in [1.54, 1.807) is 0 Å². The molecule has 1 aromatic heterocycles. The molecule has 3 nitrogen and oxygen atoms in total. The molecule has 0 unspecified atom stereocenters. The Labute approximate surface area is 86.5 Å². The van der Waals surface area contributed by atoms with Gasteiger partial charge in [-0.25, -0.2) is 4.98 Å². The fraction of sp³-hybridized carbons (Fsp3) is 0.300. The summed E-state index contributed by atoms with van der Waals surface area (Å²) in [6.07, 6.45) is 0.996. The van der Waals surface area contributed by atoms with Gasteiger partial charge in [0, 0.05) is 0 Å². The summed E-state index contributed by atoms with van der Waals surface area (Å²) in [4.78, 5) is 4.24. The summed E-state index contributed by atoms with van der Waals surface area (Å²) in [7, 11) is 0. The van der Waals surface area contributed by atoms with Crippen LogP contribution in [0, 0.1) is 0 Å². The second kappa shape index (κ2) is 3.84. The molecule has 2 rings (SSSR count). The summed E-state index contributed by atoms with van der Waals surface area (Å²) < 4.78 is 6.65. The molecule has 4 heteroatoms. The molecule has 0 aliphatic carbocycles. The Kier molecular flexibility index (Phi) is 2.54.